The highest BCUT2D eigenvalue weighted by atomic mass is 16.2. The number of anilines is 1. The van der Waals surface area contributed by atoms with Gasteiger partial charge in [0.1, 0.15) is 6.29 Å². The molecule has 0 fully saturated rings. The molecular weight excluding hydrogens is 384 g/mol. The summed E-state index contributed by atoms with van der Waals surface area (Å²) in [5.41, 5.74) is 2.47. The molecule has 0 radical (unpaired) electrons. The molecule has 1 atom stereocenters. The van der Waals surface area contributed by atoms with Gasteiger partial charge in [0.15, 0.2) is 0 Å². The lowest BCUT2D eigenvalue weighted by atomic mass is 10.0. The van der Waals surface area contributed by atoms with Gasteiger partial charge >= 0.3 is 0 Å². The van der Waals surface area contributed by atoms with Gasteiger partial charge in [0.05, 0.1) is 12.7 Å². The van der Waals surface area contributed by atoms with E-state index in [1.165, 1.54) is 0 Å². The molecule has 4 heteroatoms. The van der Waals surface area contributed by atoms with Crippen molar-refractivity contribution in [3.05, 3.63) is 114 Å². The van der Waals surface area contributed by atoms with E-state index in [9.17, 15) is 9.59 Å². The first-order valence-electron chi connectivity index (χ1n) is 10.3. The summed E-state index contributed by atoms with van der Waals surface area (Å²) in [5.74, 6) is -0.179. The molecule has 1 unspecified atom stereocenters. The lowest BCUT2D eigenvalue weighted by Gasteiger charge is -2.29. The molecule has 1 N–H and O–H groups in total. The molecule has 4 nitrogen and oxygen atoms in total. The van der Waals surface area contributed by atoms with E-state index in [1.54, 1.807) is 17.0 Å². The second-order valence-corrected chi connectivity index (χ2v) is 7.43. The molecule has 0 heterocycles. The SMILES string of the molecule is O=CC(Cc1ccccc1)N(CNc1ccc2ccccc2c1)C(=O)c1ccccc1. The molecule has 4 aromatic carbocycles. The number of hydrogen-bond donors (Lipinski definition) is 1. The minimum absolute atomic E-state index is 0.179. The van der Waals surface area contributed by atoms with Crippen molar-refractivity contribution in [2.75, 3.05) is 12.0 Å². The number of nitrogens with one attached hydrogen (secondary N) is 1. The Morgan fingerprint density at radius 2 is 1.45 bits per heavy atom. The van der Waals surface area contributed by atoms with Gasteiger partial charge < -0.3 is 15.0 Å². The second-order valence-electron chi connectivity index (χ2n) is 7.43. The molecule has 0 saturated heterocycles. The first kappa shape index (κ1) is 20.4. The van der Waals surface area contributed by atoms with Gasteiger partial charge in [-0.05, 0) is 47.0 Å². The average molecular weight is 409 g/mol. The Labute approximate surface area is 182 Å². The van der Waals surface area contributed by atoms with E-state index in [0.717, 1.165) is 28.3 Å². The summed E-state index contributed by atoms with van der Waals surface area (Å²) in [5, 5.41) is 5.60. The van der Waals surface area contributed by atoms with Crippen molar-refractivity contribution >= 4 is 28.7 Å². The first-order valence-corrected chi connectivity index (χ1v) is 10.3. The van der Waals surface area contributed by atoms with Gasteiger partial charge in [0, 0.05) is 11.3 Å². The Kier molecular flexibility index (Phi) is 6.38. The number of carbonyl (C=O) groups excluding carboxylic acids is 2. The highest BCUT2D eigenvalue weighted by molar-refractivity contribution is 5.96. The Balaban J connectivity index is 1.58. The van der Waals surface area contributed by atoms with E-state index in [0.29, 0.717) is 12.0 Å². The van der Waals surface area contributed by atoms with Crippen molar-refractivity contribution in [2.45, 2.75) is 12.5 Å². The topological polar surface area (TPSA) is 49.4 Å². The van der Waals surface area contributed by atoms with Gasteiger partial charge in [0.25, 0.3) is 5.91 Å². The molecule has 4 aromatic rings. The molecule has 31 heavy (non-hydrogen) atoms. The van der Waals surface area contributed by atoms with E-state index >= 15 is 0 Å². The average Bonchev–Trinajstić information content (AvgIpc) is 2.84. The lowest BCUT2D eigenvalue weighted by Crippen LogP contribution is -2.45. The third-order valence-electron chi connectivity index (χ3n) is 5.33. The smallest absolute Gasteiger partial charge is 0.255 e. The first-order chi connectivity index (χ1) is 15.2. The number of hydrogen-bond acceptors (Lipinski definition) is 3. The van der Waals surface area contributed by atoms with Crippen LogP contribution < -0.4 is 5.32 Å². The number of benzene rings is 4. The highest BCUT2D eigenvalue weighted by Gasteiger charge is 2.24. The largest absolute Gasteiger partial charge is 0.368 e. The molecular formula is C27H24N2O2. The molecule has 0 aliphatic heterocycles. The molecule has 0 spiro atoms. The zero-order valence-electron chi connectivity index (χ0n) is 17.1. The van der Waals surface area contributed by atoms with E-state index < -0.39 is 6.04 Å². The Hall–Kier alpha value is -3.92. The fraction of sp³-hybridized carbons (Fsp3) is 0.111. The van der Waals surface area contributed by atoms with Gasteiger partial charge in [-0.15, -0.1) is 0 Å². The molecule has 4 rings (SSSR count). The third-order valence-corrected chi connectivity index (χ3v) is 5.33. The summed E-state index contributed by atoms with van der Waals surface area (Å²) < 4.78 is 0. The molecule has 0 bridgehead atoms. The van der Waals surface area contributed by atoms with Crippen LogP contribution in [0.4, 0.5) is 5.69 Å². The predicted octanol–water partition coefficient (Wildman–Crippen LogP) is 5.16. The van der Waals surface area contributed by atoms with Crippen LogP contribution in [0.2, 0.25) is 0 Å². The maximum Gasteiger partial charge on any atom is 0.255 e. The zero-order chi connectivity index (χ0) is 21.5. The maximum absolute atomic E-state index is 13.3. The number of carbonyl (C=O) groups is 2. The molecule has 0 saturated carbocycles. The Bertz CT molecular complexity index is 1160. The van der Waals surface area contributed by atoms with Crippen molar-refractivity contribution in [2.24, 2.45) is 0 Å². The van der Waals surface area contributed by atoms with Gasteiger partial charge in [0.2, 0.25) is 0 Å². The zero-order valence-corrected chi connectivity index (χ0v) is 17.1. The van der Waals surface area contributed by atoms with Crippen LogP contribution in [0, 0.1) is 0 Å². The predicted molar refractivity (Wildman–Crippen MR) is 125 cm³/mol. The van der Waals surface area contributed by atoms with Crippen LogP contribution in [0.25, 0.3) is 10.8 Å². The number of fused-ring (bicyclic) bond motifs is 1. The van der Waals surface area contributed by atoms with Gasteiger partial charge in [-0.1, -0.05) is 78.9 Å². The van der Waals surface area contributed by atoms with Crippen molar-refractivity contribution in [1.82, 2.24) is 4.90 Å². The summed E-state index contributed by atoms with van der Waals surface area (Å²) in [7, 11) is 0. The van der Waals surface area contributed by atoms with Gasteiger partial charge in [-0.25, -0.2) is 0 Å². The minimum atomic E-state index is -0.580. The minimum Gasteiger partial charge on any atom is -0.368 e. The van der Waals surface area contributed by atoms with E-state index in [1.807, 2.05) is 78.9 Å². The monoisotopic (exact) mass is 408 g/mol. The number of rotatable bonds is 8. The van der Waals surface area contributed by atoms with E-state index in [-0.39, 0.29) is 12.6 Å². The highest BCUT2D eigenvalue weighted by Crippen LogP contribution is 2.20. The third kappa shape index (κ3) is 4.98. The van der Waals surface area contributed by atoms with Crippen LogP contribution in [0.1, 0.15) is 15.9 Å². The summed E-state index contributed by atoms with van der Waals surface area (Å²) in [4.78, 5) is 26.9. The fourth-order valence-corrected chi connectivity index (χ4v) is 3.65. The van der Waals surface area contributed by atoms with Crippen molar-refractivity contribution in [3.8, 4) is 0 Å². The van der Waals surface area contributed by atoms with Crippen molar-refractivity contribution in [3.63, 3.8) is 0 Å². The van der Waals surface area contributed by atoms with Crippen molar-refractivity contribution < 1.29 is 9.59 Å². The summed E-state index contributed by atoms with van der Waals surface area (Å²) in [6, 6.07) is 32.5. The van der Waals surface area contributed by atoms with Crippen LogP contribution in [0.3, 0.4) is 0 Å². The molecule has 1 amide bonds. The number of nitrogens with zero attached hydrogens (tertiary/aromatic N) is 1. The Morgan fingerprint density at radius 1 is 0.806 bits per heavy atom. The normalized spacial score (nSPS) is 11.6. The van der Waals surface area contributed by atoms with Crippen LogP contribution in [0.15, 0.2) is 103 Å². The molecule has 154 valence electrons. The van der Waals surface area contributed by atoms with E-state index in [2.05, 4.69) is 17.4 Å². The lowest BCUT2D eigenvalue weighted by molar-refractivity contribution is -0.111. The van der Waals surface area contributed by atoms with Gasteiger partial charge in [-0.2, -0.15) is 0 Å². The summed E-state index contributed by atoms with van der Waals surface area (Å²) in [6.07, 6.45) is 1.32. The number of aldehydes is 1. The summed E-state index contributed by atoms with van der Waals surface area (Å²) in [6.45, 7) is 0.225. The van der Waals surface area contributed by atoms with Crippen LogP contribution in [0.5, 0.6) is 0 Å². The van der Waals surface area contributed by atoms with E-state index in [4.69, 9.17) is 0 Å². The molecule has 0 aliphatic rings. The second kappa shape index (κ2) is 9.72. The van der Waals surface area contributed by atoms with Crippen LogP contribution in [-0.4, -0.2) is 29.8 Å². The number of amides is 1. The maximum atomic E-state index is 13.3. The van der Waals surface area contributed by atoms with Crippen LogP contribution in [-0.2, 0) is 11.2 Å². The fourth-order valence-electron chi connectivity index (χ4n) is 3.65. The molecule has 0 aromatic heterocycles. The quantitative estimate of drug-likeness (QED) is 0.324. The molecule has 0 aliphatic carbocycles. The van der Waals surface area contributed by atoms with Crippen molar-refractivity contribution in [1.29, 1.82) is 0 Å². The standard InChI is InChI=1S/C27H24N2O2/c30-19-26(17-21-9-3-1-4-10-21)29(27(31)23-12-5-2-6-13-23)20-28-25-16-15-22-11-7-8-14-24(22)18-25/h1-16,18-19,26,28H,17,20H2. The summed E-state index contributed by atoms with van der Waals surface area (Å²) >= 11 is 0. The van der Waals surface area contributed by atoms with Gasteiger partial charge in [-0.3, -0.25) is 4.79 Å². The van der Waals surface area contributed by atoms with Crippen LogP contribution >= 0.6 is 0 Å². The Morgan fingerprint density at radius 3 is 2.16 bits per heavy atom.